The number of hydrogen-bond donors (Lipinski definition) is 0. The van der Waals surface area contributed by atoms with E-state index in [0.717, 1.165) is 11.1 Å². The minimum Gasteiger partial charge on any atom is -0.444 e. The van der Waals surface area contributed by atoms with Crippen LogP contribution in [0.5, 0.6) is 0 Å². The van der Waals surface area contributed by atoms with Crippen LogP contribution in [0.15, 0.2) is 35.3 Å². The molecule has 0 aliphatic carbocycles. The van der Waals surface area contributed by atoms with Crippen LogP contribution in [-0.2, 0) is 4.74 Å². The number of amides is 1. The van der Waals surface area contributed by atoms with Crippen molar-refractivity contribution in [2.24, 2.45) is 0 Å². The van der Waals surface area contributed by atoms with E-state index in [2.05, 4.69) is 15.1 Å². The number of rotatable bonds is 2. The molecular weight excluding hydrogens is 426 g/mol. The molecule has 0 unspecified atom stereocenters. The van der Waals surface area contributed by atoms with Crippen LogP contribution >= 0.6 is 22.9 Å². The summed E-state index contributed by atoms with van der Waals surface area (Å²) in [7, 11) is 0. The van der Waals surface area contributed by atoms with Crippen molar-refractivity contribution < 1.29 is 9.53 Å². The monoisotopic (exact) mass is 445 g/mol. The molecule has 0 bridgehead atoms. The lowest BCUT2D eigenvalue weighted by molar-refractivity contribution is 0.0270. The van der Waals surface area contributed by atoms with E-state index < -0.39 is 5.60 Å². The largest absolute Gasteiger partial charge is 0.444 e. The maximum Gasteiger partial charge on any atom is 0.410 e. The molecule has 0 N–H and O–H groups in total. The second kappa shape index (κ2) is 7.81. The molecule has 0 aromatic carbocycles. The minimum absolute atomic E-state index is 0.256. The predicted molar refractivity (Wildman–Crippen MR) is 116 cm³/mol. The van der Waals surface area contributed by atoms with Crippen LogP contribution < -0.4 is 5.56 Å². The molecule has 0 fully saturated rings. The SMILES string of the molecule is CC(C)(C)OC(=O)N1CC=C(c2cc(=O)n3nc(-c4ccnc(Cl)c4)sc3n2)CC1. The van der Waals surface area contributed by atoms with Gasteiger partial charge in [-0.2, -0.15) is 9.61 Å². The Morgan fingerprint density at radius 1 is 1.30 bits per heavy atom. The Morgan fingerprint density at radius 3 is 2.77 bits per heavy atom. The van der Waals surface area contributed by atoms with Crippen LogP contribution in [-0.4, -0.2) is 49.3 Å². The highest BCUT2D eigenvalue weighted by Crippen LogP contribution is 2.27. The number of carbonyl (C=O) groups excluding carboxylic acids is 1. The summed E-state index contributed by atoms with van der Waals surface area (Å²) in [5.74, 6) is 0. The molecule has 8 nitrogen and oxygen atoms in total. The van der Waals surface area contributed by atoms with Crippen LogP contribution in [0.3, 0.4) is 0 Å². The zero-order chi connectivity index (χ0) is 21.5. The fourth-order valence-electron chi connectivity index (χ4n) is 3.02. The molecule has 0 saturated heterocycles. The van der Waals surface area contributed by atoms with Crippen LogP contribution in [0.1, 0.15) is 32.9 Å². The van der Waals surface area contributed by atoms with Crippen molar-refractivity contribution in [3.05, 3.63) is 51.7 Å². The van der Waals surface area contributed by atoms with Gasteiger partial charge in [-0.05, 0) is 44.9 Å². The van der Waals surface area contributed by atoms with Crippen molar-refractivity contribution in [1.82, 2.24) is 24.5 Å². The molecule has 4 rings (SSSR count). The van der Waals surface area contributed by atoms with E-state index in [0.29, 0.717) is 40.3 Å². The normalized spacial score (nSPS) is 14.7. The fraction of sp³-hybridized carbons (Fsp3) is 0.350. The highest BCUT2D eigenvalue weighted by Gasteiger charge is 2.24. The fourth-order valence-corrected chi connectivity index (χ4v) is 4.10. The summed E-state index contributed by atoms with van der Waals surface area (Å²) in [5, 5.41) is 5.35. The molecule has 3 aromatic rings. The van der Waals surface area contributed by atoms with E-state index in [1.807, 2.05) is 26.8 Å². The molecule has 156 valence electrons. The van der Waals surface area contributed by atoms with E-state index >= 15 is 0 Å². The van der Waals surface area contributed by atoms with Crippen molar-refractivity contribution in [1.29, 1.82) is 0 Å². The quantitative estimate of drug-likeness (QED) is 0.556. The Morgan fingerprint density at radius 2 is 2.10 bits per heavy atom. The summed E-state index contributed by atoms with van der Waals surface area (Å²) in [4.78, 5) is 35.6. The van der Waals surface area contributed by atoms with Gasteiger partial charge in [0.25, 0.3) is 5.56 Å². The number of fused-ring (bicyclic) bond motifs is 1. The summed E-state index contributed by atoms with van der Waals surface area (Å²) in [5.41, 5.74) is 1.51. The van der Waals surface area contributed by atoms with Gasteiger partial charge in [-0.3, -0.25) is 4.79 Å². The first-order valence-corrected chi connectivity index (χ1v) is 10.6. The molecule has 4 heterocycles. The predicted octanol–water partition coefficient (Wildman–Crippen LogP) is 3.89. The van der Waals surface area contributed by atoms with Crippen LogP contribution in [0.25, 0.3) is 21.1 Å². The zero-order valence-corrected chi connectivity index (χ0v) is 18.3. The Labute approximate surface area is 181 Å². The number of aromatic nitrogens is 4. The van der Waals surface area contributed by atoms with Crippen molar-refractivity contribution in [2.45, 2.75) is 32.8 Å². The van der Waals surface area contributed by atoms with Gasteiger partial charge in [0.05, 0.1) is 5.69 Å². The lowest BCUT2D eigenvalue weighted by atomic mass is 10.1. The number of nitrogens with zero attached hydrogens (tertiary/aromatic N) is 5. The van der Waals surface area contributed by atoms with Gasteiger partial charge in [-0.15, -0.1) is 0 Å². The number of pyridine rings is 1. The Bertz CT molecular complexity index is 1210. The van der Waals surface area contributed by atoms with Crippen LogP contribution in [0.2, 0.25) is 5.15 Å². The molecular formula is C20H20ClN5O3S. The van der Waals surface area contributed by atoms with Crippen molar-refractivity contribution in [3.63, 3.8) is 0 Å². The molecule has 30 heavy (non-hydrogen) atoms. The highest BCUT2D eigenvalue weighted by atomic mass is 35.5. The average Bonchev–Trinajstić information content (AvgIpc) is 3.12. The maximum atomic E-state index is 12.6. The van der Waals surface area contributed by atoms with Gasteiger partial charge in [-0.1, -0.05) is 29.0 Å². The first kappa shape index (κ1) is 20.5. The number of halogens is 1. The average molecular weight is 446 g/mol. The zero-order valence-electron chi connectivity index (χ0n) is 16.8. The third-order valence-electron chi connectivity index (χ3n) is 4.41. The first-order chi connectivity index (χ1) is 14.2. The Kier molecular flexibility index (Phi) is 5.33. The molecule has 0 saturated carbocycles. The van der Waals surface area contributed by atoms with Crippen LogP contribution in [0, 0.1) is 0 Å². The molecule has 0 radical (unpaired) electrons. The van der Waals surface area contributed by atoms with E-state index in [1.165, 1.54) is 21.9 Å². The number of hydrogen-bond acceptors (Lipinski definition) is 7. The molecule has 10 heteroatoms. The first-order valence-electron chi connectivity index (χ1n) is 9.40. The third kappa shape index (κ3) is 4.36. The van der Waals surface area contributed by atoms with E-state index in [-0.39, 0.29) is 11.7 Å². The standard InChI is InChI=1S/C20H20ClN5O3S/c1-20(2,3)29-19(28)25-8-5-12(6-9-25)14-11-16(27)26-18(23-14)30-17(24-26)13-4-7-22-15(21)10-13/h4-5,7,10-11H,6,8-9H2,1-3H3. The lowest BCUT2D eigenvalue weighted by Gasteiger charge is -2.29. The van der Waals surface area contributed by atoms with Crippen molar-refractivity contribution in [3.8, 4) is 10.6 Å². The van der Waals surface area contributed by atoms with Crippen LogP contribution in [0.4, 0.5) is 4.79 Å². The third-order valence-corrected chi connectivity index (χ3v) is 5.57. The summed E-state index contributed by atoms with van der Waals surface area (Å²) in [6.45, 7) is 6.43. The van der Waals surface area contributed by atoms with Gasteiger partial charge < -0.3 is 9.64 Å². The molecule has 1 aliphatic rings. The minimum atomic E-state index is -0.536. The summed E-state index contributed by atoms with van der Waals surface area (Å²) in [6, 6.07) is 4.95. The van der Waals surface area contributed by atoms with Gasteiger partial charge in [0, 0.05) is 30.9 Å². The topological polar surface area (TPSA) is 89.7 Å². The number of carbonyl (C=O) groups is 1. The number of ether oxygens (including phenoxy) is 1. The Hall–Kier alpha value is -2.78. The molecule has 3 aromatic heterocycles. The highest BCUT2D eigenvalue weighted by molar-refractivity contribution is 7.19. The Balaban J connectivity index is 1.60. The van der Waals surface area contributed by atoms with E-state index in [4.69, 9.17) is 16.3 Å². The van der Waals surface area contributed by atoms with Gasteiger partial charge in [0.2, 0.25) is 4.96 Å². The molecule has 1 aliphatic heterocycles. The van der Waals surface area contributed by atoms with Gasteiger partial charge in [0.15, 0.2) is 0 Å². The van der Waals surface area contributed by atoms with Gasteiger partial charge >= 0.3 is 6.09 Å². The lowest BCUT2D eigenvalue weighted by Crippen LogP contribution is -2.39. The summed E-state index contributed by atoms with van der Waals surface area (Å²) in [6.07, 6.45) is 3.75. The van der Waals surface area contributed by atoms with E-state index in [1.54, 1.807) is 23.2 Å². The van der Waals surface area contributed by atoms with Gasteiger partial charge in [-0.25, -0.2) is 14.8 Å². The van der Waals surface area contributed by atoms with Crippen molar-refractivity contribution >= 4 is 39.6 Å². The molecule has 1 amide bonds. The smallest absolute Gasteiger partial charge is 0.410 e. The van der Waals surface area contributed by atoms with Crippen molar-refractivity contribution in [2.75, 3.05) is 13.1 Å². The second-order valence-corrected chi connectivity index (χ2v) is 9.20. The summed E-state index contributed by atoms with van der Waals surface area (Å²) >= 11 is 7.26. The second-order valence-electron chi connectivity index (χ2n) is 7.85. The van der Waals surface area contributed by atoms with Gasteiger partial charge in [0.1, 0.15) is 15.8 Å². The maximum absolute atomic E-state index is 12.6. The van der Waals surface area contributed by atoms with E-state index in [9.17, 15) is 9.59 Å². The molecule has 0 atom stereocenters. The molecule has 0 spiro atoms. The summed E-state index contributed by atoms with van der Waals surface area (Å²) < 4.78 is 6.70.